The zero-order valence-electron chi connectivity index (χ0n) is 11.7. The minimum atomic E-state index is -4.58. The molecule has 1 aromatic rings. The van der Waals surface area contributed by atoms with Crippen LogP contribution in [0.2, 0.25) is 0 Å². The summed E-state index contributed by atoms with van der Waals surface area (Å²) in [6.45, 7) is 2.26. The SMILES string of the molecule is Cc1c(C(=O)NCC2(O)CCN(C)C2)n[nH]c1C(F)(F)F. The first kappa shape index (κ1) is 15.8. The Kier molecular flexibility index (Phi) is 3.98. The molecule has 0 aromatic carbocycles. The van der Waals surface area contributed by atoms with Gasteiger partial charge in [0.2, 0.25) is 0 Å². The van der Waals surface area contributed by atoms with Crippen LogP contribution in [0.25, 0.3) is 0 Å². The van der Waals surface area contributed by atoms with E-state index in [0.717, 1.165) is 0 Å². The van der Waals surface area contributed by atoms with Gasteiger partial charge >= 0.3 is 6.18 Å². The van der Waals surface area contributed by atoms with E-state index < -0.39 is 23.4 Å². The highest BCUT2D eigenvalue weighted by molar-refractivity contribution is 5.93. The number of likely N-dealkylation sites (tertiary alicyclic amines) is 1. The molecule has 2 heterocycles. The van der Waals surface area contributed by atoms with Crippen LogP contribution in [0.1, 0.15) is 28.2 Å². The van der Waals surface area contributed by atoms with E-state index in [1.54, 1.807) is 0 Å². The molecule has 6 nitrogen and oxygen atoms in total. The van der Waals surface area contributed by atoms with Gasteiger partial charge in [0.05, 0.1) is 5.60 Å². The molecule has 1 aromatic heterocycles. The van der Waals surface area contributed by atoms with Crippen LogP contribution in [-0.2, 0) is 6.18 Å². The van der Waals surface area contributed by atoms with E-state index in [0.29, 0.717) is 19.5 Å². The first-order valence-corrected chi connectivity index (χ1v) is 6.44. The smallest absolute Gasteiger partial charge is 0.387 e. The van der Waals surface area contributed by atoms with Crippen LogP contribution in [0.15, 0.2) is 0 Å². The summed E-state index contributed by atoms with van der Waals surface area (Å²) in [6, 6.07) is 0. The second kappa shape index (κ2) is 5.30. The number of aliphatic hydroxyl groups is 1. The number of carbonyl (C=O) groups is 1. The van der Waals surface area contributed by atoms with Gasteiger partial charge in [-0.05, 0) is 20.4 Å². The van der Waals surface area contributed by atoms with Crippen LogP contribution in [0.5, 0.6) is 0 Å². The lowest BCUT2D eigenvalue weighted by molar-refractivity contribution is -0.141. The Labute approximate surface area is 119 Å². The van der Waals surface area contributed by atoms with Crippen LogP contribution in [0.4, 0.5) is 13.2 Å². The molecule has 0 radical (unpaired) electrons. The standard InChI is InChI=1S/C12H17F3N4O2/c1-7-8(17-18-9(7)12(13,14)15)10(20)16-5-11(21)3-4-19(2)6-11/h21H,3-6H2,1-2H3,(H,16,20)(H,17,18). The molecule has 3 N–H and O–H groups in total. The van der Waals surface area contributed by atoms with Crippen molar-refractivity contribution in [1.82, 2.24) is 20.4 Å². The van der Waals surface area contributed by atoms with Gasteiger partial charge in [-0.1, -0.05) is 0 Å². The average Bonchev–Trinajstić information content (AvgIpc) is 2.90. The van der Waals surface area contributed by atoms with Crippen molar-refractivity contribution in [3.05, 3.63) is 17.0 Å². The molecule has 1 saturated heterocycles. The lowest BCUT2D eigenvalue weighted by Crippen LogP contribution is -2.44. The Balaban J connectivity index is 2.03. The van der Waals surface area contributed by atoms with E-state index in [1.807, 2.05) is 17.0 Å². The zero-order valence-corrected chi connectivity index (χ0v) is 11.7. The molecule has 2 rings (SSSR count). The second-order valence-electron chi connectivity index (χ2n) is 5.46. The maximum atomic E-state index is 12.6. The van der Waals surface area contributed by atoms with Crippen molar-refractivity contribution in [3.8, 4) is 0 Å². The summed E-state index contributed by atoms with van der Waals surface area (Å²) in [7, 11) is 1.84. The fraction of sp³-hybridized carbons (Fsp3) is 0.667. The minimum absolute atomic E-state index is 0.0240. The number of carbonyl (C=O) groups excluding carboxylic acids is 1. The molecule has 0 saturated carbocycles. The monoisotopic (exact) mass is 306 g/mol. The number of nitrogens with one attached hydrogen (secondary N) is 2. The van der Waals surface area contributed by atoms with Gasteiger partial charge in [0.1, 0.15) is 5.69 Å². The third kappa shape index (κ3) is 3.35. The van der Waals surface area contributed by atoms with Crippen molar-refractivity contribution < 1.29 is 23.1 Å². The van der Waals surface area contributed by atoms with Crippen LogP contribution in [0, 0.1) is 6.92 Å². The van der Waals surface area contributed by atoms with E-state index in [4.69, 9.17) is 0 Å². The average molecular weight is 306 g/mol. The maximum Gasteiger partial charge on any atom is 0.433 e. The van der Waals surface area contributed by atoms with E-state index in [1.165, 1.54) is 6.92 Å². The Bertz CT molecular complexity index is 543. The number of hydrogen-bond acceptors (Lipinski definition) is 4. The number of aromatic nitrogens is 2. The number of nitrogens with zero attached hydrogens (tertiary/aromatic N) is 2. The summed E-state index contributed by atoms with van der Waals surface area (Å²) in [5, 5.41) is 17.9. The Hall–Kier alpha value is -1.61. The molecule has 0 spiro atoms. The number of hydrogen-bond donors (Lipinski definition) is 3. The number of aromatic amines is 1. The number of likely N-dealkylation sites (N-methyl/N-ethyl adjacent to an activating group) is 1. The molecule has 21 heavy (non-hydrogen) atoms. The molecule has 118 valence electrons. The molecule has 1 atom stereocenters. The maximum absolute atomic E-state index is 12.6. The van der Waals surface area contributed by atoms with Gasteiger partial charge in [0, 0.05) is 25.2 Å². The summed E-state index contributed by atoms with van der Waals surface area (Å²) in [6.07, 6.45) is -4.08. The topological polar surface area (TPSA) is 81.2 Å². The molecular weight excluding hydrogens is 289 g/mol. The molecule has 0 bridgehead atoms. The summed E-state index contributed by atoms with van der Waals surface area (Å²) in [5.41, 5.74) is -2.65. The minimum Gasteiger partial charge on any atom is -0.387 e. The third-order valence-corrected chi connectivity index (χ3v) is 3.61. The van der Waals surface area contributed by atoms with Gasteiger partial charge in [-0.3, -0.25) is 9.89 Å². The number of alkyl halides is 3. The predicted molar refractivity (Wildman–Crippen MR) is 67.7 cm³/mol. The number of H-pyrrole nitrogens is 1. The third-order valence-electron chi connectivity index (χ3n) is 3.61. The predicted octanol–water partition coefficient (Wildman–Crippen LogP) is 0.533. The molecule has 9 heteroatoms. The van der Waals surface area contributed by atoms with Crippen molar-refractivity contribution >= 4 is 5.91 Å². The fourth-order valence-electron chi connectivity index (χ4n) is 2.43. The lowest BCUT2D eigenvalue weighted by Gasteiger charge is -2.22. The molecular formula is C12H17F3N4O2. The van der Waals surface area contributed by atoms with Gasteiger partial charge in [-0.15, -0.1) is 0 Å². The number of β-amino-alcohol motifs (C(OH)–C–C–N with tert-alkyl or cyclic N) is 1. The van der Waals surface area contributed by atoms with Crippen LogP contribution >= 0.6 is 0 Å². The van der Waals surface area contributed by atoms with E-state index >= 15 is 0 Å². The van der Waals surface area contributed by atoms with Crippen LogP contribution < -0.4 is 5.32 Å². The fourth-order valence-corrected chi connectivity index (χ4v) is 2.43. The number of rotatable bonds is 3. The number of halogens is 3. The van der Waals surface area contributed by atoms with Crippen molar-refractivity contribution in [2.75, 3.05) is 26.7 Å². The molecule has 1 amide bonds. The highest BCUT2D eigenvalue weighted by atomic mass is 19.4. The first-order chi connectivity index (χ1) is 9.62. The zero-order chi connectivity index (χ0) is 15.8. The van der Waals surface area contributed by atoms with Crippen molar-refractivity contribution in [1.29, 1.82) is 0 Å². The molecule has 1 aliphatic heterocycles. The van der Waals surface area contributed by atoms with Crippen LogP contribution in [0.3, 0.4) is 0 Å². The first-order valence-electron chi connectivity index (χ1n) is 6.44. The lowest BCUT2D eigenvalue weighted by atomic mass is 10.0. The van der Waals surface area contributed by atoms with Crippen molar-refractivity contribution in [2.24, 2.45) is 0 Å². The molecule has 0 aliphatic carbocycles. The Morgan fingerprint density at radius 2 is 2.24 bits per heavy atom. The summed E-state index contributed by atoms with van der Waals surface area (Å²) in [4.78, 5) is 13.8. The Morgan fingerprint density at radius 1 is 1.57 bits per heavy atom. The molecule has 1 aliphatic rings. The largest absolute Gasteiger partial charge is 0.433 e. The summed E-state index contributed by atoms with van der Waals surface area (Å²) < 4.78 is 37.8. The van der Waals surface area contributed by atoms with E-state index in [9.17, 15) is 23.1 Å². The van der Waals surface area contributed by atoms with Crippen molar-refractivity contribution in [3.63, 3.8) is 0 Å². The van der Waals surface area contributed by atoms with E-state index in [-0.39, 0.29) is 17.8 Å². The highest BCUT2D eigenvalue weighted by Gasteiger charge is 2.38. The second-order valence-corrected chi connectivity index (χ2v) is 5.46. The molecule has 1 unspecified atom stereocenters. The van der Waals surface area contributed by atoms with Gasteiger partial charge in [0.15, 0.2) is 5.69 Å². The quantitative estimate of drug-likeness (QED) is 0.761. The summed E-state index contributed by atoms with van der Waals surface area (Å²) >= 11 is 0. The van der Waals surface area contributed by atoms with E-state index in [2.05, 4.69) is 10.4 Å². The summed E-state index contributed by atoms with van der Waals surface area (Å²) in [5.74, 6) is -0.734. The normalized spacial score (nSPS) is 23.5. The number of amides is 1. The Morgan fingerprint density at radius 3 is 2.71 bits per heavy atom. The van der Waals surface area contributed by atoms with Gasteiger partial charge in [-0.25, -0.2) is 0 Å². The van der Waals surface area contributed by atoms with Crippen molar-refractivity contribution in [2.45, 2.75) is 25.1 Å². The molecule has 1 fully saturated rings. The van der Waals surface area contributed by atoms with Crippen LogP contribution in [-0.4, -0.2) is 58.4 Å². The highest BCUT2D eigenvalue weighted by Crippen LogP contribution is 2.31. The van der Waals surface area contributed by atoms with Gasteiger partial charge < -0.3 is 15.3 Å². The van der Waals surface area contributed by atoms with Gasteiger partial charge in [-0.2, -0.15) is 18.3 Å². The van der Waals surface area contributed by atoms with Gasteiger partial charge in [0.25, 0.3) is 5.91 Å².